The van der Waals surface area contributed by atoms with Gasteiger partial charge in [-0.2, -0.15) is 0 Å². The van der Waals surface area contributed by atoms with E-state index in [1.165, 1.54) is 0 Å². The largest absolute Gasteiger partial charge is 0.281 e. The van der Waals surface area contributed by atoms with Crippen LogP contribution in [0.5, 0.6) is 0 Å². The normalized spacial score (nSPS) is 28.6. The van der Waals surface area contributed by atoms with Crippen molar-refractivity contribution in [2.45, 2.75) is 0 Å². The lowest BCUT2D eigenvalue weighted by atomic mass is 11.0. The lowest BCUT2D eigenvalue weighted by Gasteiger charge is -2.12. The fraction of sp³-hybridized carbons (Fsp3) is 1.00. The second-order valence-corrected chi connectivity index (χ2v) is 4.81. The Bertz CT molecular complexity index is 159. The van der Waals surface area contributed by atoms with Gasteiger partial charge in [0.2, 0.25) is 0 Å². The van der Waals surface area contributed by atoms with Crippen molar-refractivity contribution in [3.63, 3.8) is 0 Å². The molecule has 0 saturated carbocycles. The number of nitrogens with zero attached hydrogens (tertiary/aromatic N) is 2. The molecular formula is C4H10N3OP. The van der Waals surface area contributed by atoms with E-state index in [1.807, 2.05) is 9.34 Å². The first-order chi connectivity index (χ1) is 4.21. The van der Waals surface area contributed by atoms with Crippen molar-refractivity contribution in [2.75, 3.05) is 26.2 Å². The van der Waals surface area contributed by atoms with E-state index >= 15 is 0 Å². The Hall–Kier alpha value is 0.110. The number of nitrogens with two attached hydrogens (primary N) is 1. The van der Waals surface area contributed by atoms with Gasteiger partial charge < -0.3 is 0 Å². The fourth-order valence-electron chi connectivity index (χ4n) is 0.841. The predicted molar refractivity (Wildman–Crippen MR) is 34.9 cm³/mol. The van der Waals surface area contributed by atoms with E-state index in [1.54, 1.807) is 0 Å². The molecule has 0 aromatic rings. The van der Waals surface area contributed by atoms with Crippen LogP contribution in [-0.4, -0.2) is 35.5 Å². The summed E-state index contributed by atoms with van der Waals surface area (Å²) >= 11 is 0. The SMILES string of the molecule is NP(=O)(N1CC1)N1CC1. The Kier molecular flexibility index (Phi) is 1.03. The van der Waals surface area contributed by atoms with Crippen LogP contribution in [0.1, 0.15) is 0 Å². The van der Waals surface area contributed by atoms with Gasteiger partial charge in [-0.05, 0) is 0 Å². The molecule has 2 aliphatic rings. The van der Waals surface area contributed by atoms with Crippen molar-refractivity contribution in [3.05, 3.63) is 0 Å². The highest BCUT2D eigenvalue weighted by molar-refractivity contribution is 7.57. The fourth-order valence-corrected chi connectivity index (χ4v) is 2.52. The van der Waals surface area contributed by atoms with E-state index in [4.69, 9.17) is 5.50 Å². The summed E-state index contributed by atoms with van der Waals surface area (Å²) in [6.45, 7) is 3.68. The molecule has 2 saturated heterocycles. The molecule has 52 valence electrons. The maximum absolute atomic E-state index is 11.4. The summed E-state index contributed by atoms with van der Waals surface area (Å²) in [6, 6.07) is 0. The van der Waals surface area contributed by atoms with Crippen LogP contribution in [0.3, 0.4) is 0 Å². The molecular weight excluding hydrogens is 137 g/mol. The first-order valence-electron chi connectivity index (χ1n) is 3.11. The topological polar surface area (TPSA) is 49.1 Å². The summed E-state index contributed by atoms with van der Waals surface area (Å²) < 4.78 is 15.0. The molecule has 0 aromatic carbocycles. The molecule has 2 fully saturated rings. The van der Waals surface area contributed by atoms with Crippen LogP contribution < -0.4 is 5.50 Å². The van der Waals surface area contributed by atoms with Gasteiger partial charge in [-0.1, -0.05) is 0 Å². The van der Waals surface area contributed by atoms with Gasteiger partial charge in [0.15, 0.2) is 0 Å². The molecule has 0 unspecified atom stereocenters. The van der Waals surface area contributed by atoms with Gasteiger partial charge in [0, 0.05) is 26.2 Å². The van der Waals surface area contributed by atoms with Crippen LogP contribution in [0.15, 0.2) is 0 Å². The quantitative estimate of drug-likeness (QED) is 0.429. The van der Waals surface area contributed by atoms with Crippen molar-refractivity contribution in [1.29, 1.82) is 0 Å². The van der Waals surface area contributed by atoms with E-state index in [2.05, 4.69) is 0 Å². The van der Waals surface area contributed by atoms with Crippen LogP contribution in [-0.2, 0) is 4.57 Å². The Morgan fingerprint density at radius 2 is 1.44 bits per heavy atom. The van der Waals surface area contributed by atoms with Gasteiger partial charge in [-0.3, -0.25) is 10.1 Å². The van der Waals surface area contributed by atoms with E-state index < -0.39 is 7.59 Å². The summed E-state index contributed by atoms with van der Waals surface area (Å²) in [5.74, 6) is 0. The lowest BCUT2D eigenvalue weighted by molar-refractivity contribution is 0.519. The molecule has 0 aromatic heterocycles. The molecule has 5 heteroatoms. The zero-order chi connectivity index (χ0) is 6.48. The molecule has 2 N–H and O–H groups in total. The first kappa shape index (κ1) is 5.86. The summed E-state index contributed by atoms with van der Waals surface area (Å²) in [6.07, 6.45) is 0. The molecule has 2 heterocycles. The molecule has 4 nitrogen and oxygen atoms in total. The van der Waals surface area contributed by atoms with Crippen LogP contribution >= 0.6 is 7.59 Å². The second-order valence-electron chi connectivity index (χ2n) is 2.50. The van der Waals surface area contributed by atoms with Gasteiger partial charge >= 0.3 is 0 Å². The Balaban J connectivity index is 2.10. The third-order valence-corrected chi connectivity index (χ3v) is 4.08. The highest BCUT2D eigenvalue weighted by Gasteiger charge is 2.44. The molecule has 0 radical (unpaired) electrons. The lowest BCUT2D eigenvalue weighted by Crippen LogP contribution is -2.11. The average Bonchev–Trinajstić information content (AvgIpc) is 2.62. The van der Waals surface area contributed by atoms with Crippen molar-refractivity contribution in [3.8, 4) is 0 Å². The van der Waals surface area contributed by atoms with E-state index in [9.17, 15) is 4.57 Å². The summed E-state index contributed by atoms with van der Waals surface area (Å²) in [5.41, 5.74) is 5.53. The van der Waals surface area contributed by atoms with Gasteiger partial charge in [0.25, 0.3) is 7.59 Å². The molecule has 0 aliphatic carbocycles. The van der Waals surface area contributed by atoms with Crippen LogP contribution in [0.25, 0.3) is 0 Å². The third kappa shape index (κ3) is 0.923. The molecule has 9 heavy (non-hydrogen) atoms. The van der Waals surface area contributed by atoms with Gasteiger partial charge in [0.1, 0.15) is 0 Å². The minimum Gasteiger partial charge on any atom is -0.271 e. The van der Waals surface area contributed by atoms with Crippen molar-refractivity contribution >= 4 is 7.59 Å². The van der Waals surface area contributed by atoms with Crippen LogP contribution in [0, 0.1) is 0 Å². The molecule has 0 atom stereocenters. The number of rotatable bonds is 2. The Morgan fingerprint density at radius 3 is 1.67 bits per heavy atom. The minimum absolute atomic E-state index is 0.921. The molecule has 0 amide bonds. The van der Waals surface area contributed by atoms with Crippen molar-refractivity contribution in [2.24, 2.45) is 5.50 Å². The monoisotopic (exact) mass is 147 g/mol. The Labute approximate surface area is 54.1 Å². The maximum atomic E-state index is 11.4. The molecule has 2 aliphatic heterocycles. The number of hydrogen-bond acceptors (Lipinski definition) is 1. The molecule has 2 rings (SSSR count). The predicted octanol–water partition coefficient (Wildman–Crippen LogP) is -0.316. The van der Waals surface area contributed by atoms with Crippen LogP contribution in [0.4, 0.5) is 0 Å². The third-order valence-electron chi connectivity index (χ3n) is 1.66. The maximum Gasteiger partial charge on any atom is 0.281 e. The zero-order valence-corrected chi connectivity index (χ0v) is 6.05. The second kappa shape index (κ2) is 1.58. The average molecular weight is 147 g/mol. The van der Waals surface area contributed by atoms with Gasteiger partial charge in [-0.25, -0.2) is 9.34 Å². The first-order valence-corrected chi connectivity index (χ1v) is 4.79. The molecule has 0 spiro atoms. The molecule has 0 bridgehead atoms. The minimum atomic E-state index is -2.45. The highest BCUT2D eigenvalue weighted by atomic mass is 31.2. The van der Waals surface area contributed by atoms with Gasteiger partial charge in [-0.15, -0.1) is 0 Å². The van der Waals surface area contributed by atoms with E-state index in [-0.39, 0.29) is 0 Å². The standard InChI is InChI=1S/C4H10N3OP/c5-9(8,6-1-2-6)7-3-4-7/h1-4H2,(H2,5,8). The highest BCUT2D eigenvalue weighted by Crippen LogP contribution is 2.53. The zero-order valence-electron chi connectivity index (χ0n) is 5.16. The van der Waals surface area contributed by atoms with Gasteiger partial charge in [0.05, 0.1) is 0 Å². The van der Waals surface area contributed by atoms with Crippen LogP contribution in [0.2, 0.25) is 0 Å². The van der Waals surface area contributed by atoms with Crippen molar-refractivity contribution in [1.82, 2.24) is 9.34 Å². The smallest absolute Gasteiger partial charge is 0.271 e. The van der Waals surface area contributed by atoms with E-state index in [0.717, 1.165) is 26.2 Å². The van der Waals surface area contributed by atoms with E-state index in [0.29, 0.717) is 0 Å². The van der Waals surface area contributed by atoms with Crippen molar-refractivity contribution < 1.29 is 4.57 Å². The Morgan fingerprint density at radius 1 is 1.11 bits per heavy atom. The summed E-state index contributed by atoms with van der Waals surface area (Å²) in [4.78, 5) is 0. The summed E-state index contributed by atoms with van der Waals surface area (Å²) in [7, 11) is -2.45. The number of hydrogen-bond donors (Lipinski definition) is 1. The summed E-state index contributed by atoms with van der Waals surface area (Å²) in [5, 5.41) is 0.